The highest BCUT2D eigenvalue weighted by molar-refractivity contribution is 5.97. The lowest BCUT2D eigenvalue weighted by Crippen LogP contribution is -2.35. The summed E-state index contributed by atoms with van der Waals surface area (Å²) in [6.07, 6.45) is 3.33. The zero-order valence-corrected chi connectivity index (χ0v) is 20.2. The van der Waals surface area contributed by atoms with Crippen molar-refractivity contribution in [2.24, 2.45) is 5.92 Å². The number of pyridine rings is 1. The summed E-state index contributed by atoms with van der Waals surface area (Å²) in [6.45, 7) is 8.52. The Morgan fingerprint density at radius 2 is 1.91 bits per heavy atom. The molecule has 1 fully saturated rings. The number of ether oxygens (including phenoxy) is 3. The lowest BCUT2D eigenvalue weighted by molar-refractivity contribution is 0.0520. The predicted octanol–water partition coefficient (Wildman–Crippen LogP) is 4.40. The van der Waals surface area contributed by atoms with E-state index in [-0.39, 0.29) is 12.1 Å². The largest absolute Gasteiger partial charge is 0.491 e. The molecule has 1 saturated carbocycles. The maximum atomic E-state index is 13.5. The molecule has 0 atom stereocenters. The van der Waals surface area contributed by atoms with E-state index in [0.717, 1.165) is 25.7 Å². The molecule has 2 aromatic rings. The molecule has 1 aromatic carbocycles. The second-order valence-electron chi connectivity index (χ2n) is 9.44. The van der Waals surface area contributed by atoms with E-state index in [1.165, 1.54) is 7.11 Å². The number of esters is 1. The topological polar surface area (TPSA) is 95.9 Å². The SMILES string of the molecule is CCCCOc1c(CNC(=O)OC(C)(C)C)n(CC2CC2)c(=O)c2ccc(C(=O)OC)cc12. The van der Waals surface area contributed by atoms with Crippen LogP contribution in [-0.2, 0) is 22.6 Å². The van der Waals surface area contributed by atoms with Gasteiger partial charge in [-0.2, -0.15) is 0 Å². The maximum absolute atomic E-state index is 13.5. The van der Waals surface area contributed by atoms with Gasteiger partial charge in [0.15, 0.2) is 0 Å². The second-order valence-corrected chi connectivity index (χ2v) is 9.44. The van der Waals surface area contributed by atoms with Crippen LogP contribution < -0.4 is 15.6 Å². The zero-order chi connectivity index (χ0) is 24.2. The summed E-state index contributed by atoms with van der Waals surface area (Å²) >= 11 is 0. The van der Waals surface area contributed by atoms with E-state index in [0.29, 0.717) is 46.8 Å². The third kappa shape index (κ3) is 6.27. The van der Waals surface area contributed by atoms with Gasteiger partial charge in [-0.15, -0.1) is 0 Å². The highest BCUT2D eigenvalue weighted by Gasteiger charge is 2.27. The van der Waals surface area contributed by atoms with E-state index < -0.39 is 17.7 Å². The summed E-state index contributed by atoms with van der Waals surface area (Å²) in [5.74, 6) is 0.436. The summed E-state index contributed by atoms with van der Waals surface area (Å²) in [4.78, 5) is 38.0. The molecular formula is C25H34N2O6. The number of carbonyl (C=O) groups excluding carboxylic acids is 2. The number of aromatic nitrogens is 1. The van der Waals surface area contributed by atoms with Gasteiger partial charge in [0, 0.05) is 11.9 Å². The summed E-state index contributed by atoms with van der Waals surface area (Å²) in [6, 6.07) is 4.86. The van der Waals surface area contributed by atoms with Crippen molar-refractivity contribution in [1.82, 2.24) is 9.88 Å². The molecule has 0 bridgehead atoms. The van der Waals surface area contributed by atoms with Gasteiger partial charge in [-0.05, 0) is 64.2 Å². The van der Waals surface area contributed by atoms with E-state index in [1.807, 2.05) is 0 Å². The van der Waals surface area contributed by atoms with Crippen molar-refractivity contribution in [1.29, 1.82) is 0 Å². The Morgan fingerprint density at radius 3 is 2.52 bits per heavy atom. The molecule has 3 rings (SSSR count). The summed E-state index contributed by atoms with van der Waals surface area (Å²) in [5, 5.41) is 3.77. The standard InChI is InChI=1S/C25H34N2O6/c1-6-7-12-32-21-19-13-17(23(29)31-5)10-11-18(19)22(28)27(15-16-8-9-16)20(21)14-26-24(30)33-25(2,3)4/h10-11,13,16H,6-9,12,14-15H2,1-5H3,(H,26,30). The molecule has 8 nitrogen and oxygen atoms in total. The van der Waals surface area contributed by atoms with Crippen molar-refractivity contribution >= 4 is 22.8 Å². The molecule has 1 aliphatic carbocycles. The minimum absolute atomic E-state index is 0.0662. The molecule has 33 heavy (non-hydrogen) atoms. The highest BCUT2D eigenvalue weighted by Crippen LogP contribution is 2.34. The minimum Gasteiger partial charge on any atom is -0.491 e. The number of nitrogens with zero attached hydrogens (tertiary/aromatic N) is 1. The molecule has 180 valence electrons. The summed E-state index contributed by atoms with van der Waals surface area (Å²) in [5.41, 5.74) is 0.0908. The van der Waals surface area contributed by atoms with Crippen LogP contribution in [0.25, 0.3) is 10.8 Å². The van der Waals surface area contributed by atoms with E-state index in [4.69, 9.17) is 14.2 Å². The first-order chi connectivity index (χ1) is 15.6. The van der Waals surface area contributed by atoms with Crippen molar-refractivity contribution in [3.05, 3.63) is 39.8 Å². The molecule has 0 radical (unpaired) electrons. The fraction of sp³-hybridized carbons (Fsp3) is 0.560. The lowest BCUT2D eigenvalue weighted by atomic mass is 10.1. The monoisotopic (exact) mass is 458 g/mol. The van der Waals surface area contributed by atoms with E-state index in [1.54, 1.807) is 43.5 Å². The lowest BCUT2D eigenvalue weighted by Gasteiger charge is -2.22. The number of methoxy groups -OCH3 is 1. The molecule has 1 heterocycles. The fourth-order valence-electron chi connectivity index (χ4n) is 3.59. The number of rotatable bonds is 9. The minimum atomic E-state index is -0.642. The van der Waals surface area contributed by atoms with Crippen LogP contribution in [0.15, 0.2) is 23.0 Å². The van der Waals surface area contributed by atoms with Gasteiger partial charge in [0.2, 0.25) is 0 Å². The Hall–Kier alpha value is -3.03. The highest BCUT2D eigenvalue weighted by atomic mass is 16.6. The fourth-order valence-corrected chi connectivity index (χ4v) is 3.59. The van der Waals surface area contributed by atoms with Crippen LogP contribution in [0.1, 0.15) is 69.4 Å². The van der Waals surface area contributed by atoms with Gasteiger partial charge >= 0.3 is 12.1 Å². The molecule has 0 spiro atoms. The quantitative estimate of drug-likeness (QED) is 0.442. The number of carbonyl (C=O) groups is 2. The van der Waals surface area contributed by atoms with Crippen LogP contribution in [0.4, 0.5) is 4.79 Å². The second kappa shape index (κ2) is 10.3. The maximum Gasteiger partial charge on any atom is 0.407 e. The van der Waals surface area contributed by atoms with Gasteiger partial charge in [0.1, 0.15) is 11.4 Å². The Bertz CT molecular complexity index is 1080. The molecule has 8 heteroatoms. The van der Waals surface area contributed by atoms with E-state index in [2.05, 4.69) is 12.2 Å². The van der Waals surface area contributed by atoms with E-state index in [9.17, 15) is 14.4 Å². The first kappa shape index (κ1) is 24.6. The Kier molecular flexibility index (Phi) is 7.66. The third-order valence-corrected chi connectivity index (χ3v) is 5.43. The number of unbranched alkanes of at least 4 members (excludes halogenated alkanes) is 1. The Morgan fingerprint density at radius 1 is 1.18 bits per heavy atom. The molecular weight excluding hydrogens is 424 g/mol. The van der Waals surface area contributed by atoms with Gasteiger partial charge in [-0.25, -0.2) is 9.59 Å². The number of nitrogens with one attached hydrogen (secondary N) is 1. The van der Waals surface area contributed by atoms with Crippen LogP contribution >= 0.6 is 0 Å². The Labute approximate surface area is 194 Å². The number of benzene rings is 1. The number of alkyl carbamates (subject to hydrolysis) is 1. The van der Waals surface area contributed by atoms with Crippen LogP contribution in [0.2, 0.25) is 0 Å². The zero-order valence-electron chi connectivity index (χ0n) is 20.2. The molecule has 0 unspecified atom stereocenters. The van der Waals surface area contributed by atoms with Crippen molar-refractivity contribution in [3.63, 3.8) is 0 Å². The average Bonchev–Trinajstić information content (AvgIpc) is 3.58. The number of amides is 1. The number of fused-ring (bicyclic) bond motifs is 1. The number of hydrogen-bond donors (Lipinski definition) is 1. The van der Waals surface area contributed by atoms with Gasteiger partial charge in [0.25, 0.3) is 5.56 Å². The first-order valence-electron chi connectivity index (χ1n) is 11.5. The van der Waals surface area contributed by atoms with Crippen molar-refractivity contribution in [3.8, 4) is 5.75 Å². The smallest absolute Gasteiger partial charge is 0.407 e. The predicted molar refractivity (Wildman–Crippen MR) is 126 cm³/mol. The summed E-state index contributed by atoms with van der Waals surface area (Å²) in [7, 11) is 1.31. The van der Waals surface area contributed by atoms with Gasteiger partial charge in [0.05, 0.1) is 36.9 Å². The molecule has 0 aliphatic heterocycles. The van der Waals surface area contributed by atoms with Crippen LogP contribution in [0.5, 0.6) is 5.75 Å². The molecule has 1 aliphatic rings. The van der Waals surface area contributed by atoms with E-state index >= 15 is 0 Å². The van der Waals surface area contributed by atoms with Crippen molar-refractivity contribution in [2.45, 2.75) is 72.1 Å². The molecule has 1 amide bonds. The van der Waals surface area contributed by atoms with Crippen LogP contribution in [-0.4, -0.2) is 35.9 Å². The normalized spacial score (nSPS) is 13.6. The Balaban J connectivity index is 2.12. The molecule has 1 N–H and O–H groups in total. The molecule has 0 saturated heterocycles. The number of hydrogen-bond acceptors (Lipinski definition) is 6. The van der Waals surface area contributed by atoms with Crippen molar-refractivity contribution < 1.29 is 23.8 Å². The van der Waals surface area contributed by atoms with Gasteiger partial charge < -0.3 is 24.1 Å². The van der Waals surface area contributed by atoms with Gasteiger partial charge in [-0.1, -0.05) is 13.3 Å². The third-order valence-electron chi connectivity index (χ3n) is 5.43. The summed E-state index contributed by atoms with van der Waals surface area (Å²) < 4.78 is 18.1. The first-order valence-corrected chi connectivity index (χ1v) is 11.5. The van der Waals surface area contributed by atoms with Crippen molar-refractivity contribution in [2.75, 3.05) is 13.7 Å². The average molecular weight is 459 g/mol. The molecule has 1 aromatic heterocycles. The van der Waals surface area contributed by atoms with Crippen LogP contribution in [0, 0.1) is 5.92 Å². The van der Waals surface area contributed by atoms with Gasteiger partial charge in [-0.3, -0.25) is 4.79 Å². The van der Waals surface area contributed by atoms with Crippen LogP contribution in [0.3, 0.4) is 0 Å².